The highest BCUT2D eigenvalue weighted by molar-refractivity contribution is 5.70. The van der Waals surface area contributed by atoms with Crippen LogP contribution in [0.25, 0.3) is 0 Å². The van der Waals surface area contributed by atoms with Crippen LogP contribution in [0.3, 0.4) is 0 Å². The van der Waals surface area contributed by atoms with E-state index in [2.05, 4.69) is 16.8 Å². The molecule has 2 atom stereocenters. The van der Waals surface area contributed by atoms with Gasteiger partial charge in [-0.2, -0.15) is 0 Å². The molecular formula is C14H26N2O3. The summed E-state index contributed by atoms with van der Waals surface area (Å²) in [6, 6.07) is 0.190. The van der Waals surface area contributed by atoms with Gasteiger partial charge in [-0.05, 0) is 26.8 Å². The molecule has 5 nitrogen and oxygen atoms in total. The van der Waals surface area contributed by atoms with E-state index in [-0.39, 0.29) is 18.1 Å². The highest BCUT2D eigenvalue weighted by atomic mass is 16.5. The van der Waals surface area contributed by atoms with Gasteiger partial charge < -0.3 is 14.4 Å². The van der Waals surface area contributed by atoms with Gasteiger partial charge in [-0.3, -0.25) is 9.69 Å². The number of ether oxygens (including phenoxy) is 2. The van der Waals surface area contributed by atoms with Crippen LogP contribution in [0.4, 0.5) is 0 Å². The second kappa shape index (κ2) is 7.22. The van der Waals surface area contributed by atoms with Crippen molar-refractivity contribution in [3.8, 4) is 0 Å². The van der Waals surface area contributed by atoms with E-state index in [1.807, 2.05) is 6.92 Å². The summed E-state index contributed by atoms with van der Waals surface area (Å²) in [5.74, 6) is -0.0954. The molecule has 2 heterocycles. The maximum atomic E-state index is 11.8. The Bertz CT molecular complexity index is 284. The average Bonchev–Trinajstić information content (AvgIpc) is 2.91. The Kier molecular flexibility index (Phi) is 5.60. The van der Waals surface area contributed by atoms with Gasteiger partial charge in [0.05, 0.1) is 19.1 Å². The number of likely N-dealkylation sites (N-methyl/N-ethyl adjacent to an activating group) is 1. The van der Waals surface area contributed by atoms with Crippen molar-refractivity contribution in [2.45, 2.75) is 38.3 Å². The van der Waals surface area contributed by atoms with Gasteiger partial charge in [0, 0.05) is 38.8 Å². The zero-order chi connectivity index (χ0) is 13.7. The van der Waals surface area contributed by atoms with Crippen LogP contribution < -0.4 is 0 Å². The van der Waals surface area contributed by atoms with Gasteiger partial charge in [-0.1, -0.05) is 0 Å². The lowest BCUT2D eigenvalue weighted by Crippen LogP contribution is -2.53. The summed E-state index contributed by atoms with van der Waals surface area (Å²) in [5.41, 5.74) is 0. The molecule has 0 saturated carbocycles. The van der Waals surface area contributed by atoms with Crippen molar-refractivity contribution < 1.29 is 14.3 Å². The molecule has 0 aromatic rings. The van der Waals surface area contributed by atoms with Crippen molar-refractivity contribution in [1.82, 2.24) is 9.80 Å². The van der Waals surface area contributed by atoms with Gasteiger partial charge in [0.2, 0.25) is 0 Å². The minimum Gasteiger partial charge on any atom is -0.466 e. The fourth-order valence-corrected chi connectivity index (χ4v) is 2.95. The second-order valence-corrected chi connectivity index (χ2v) is 5.47. The predicted molar refractivity (Wildman–Crippen MR) is 73.1 cm³/mol. The molecule has 0 aromatic heterocycles. The molecule has 19 heavy (non-hydrogen) atoms. The van der Waals surface area contributed by atoms with Gasteiger partial charge in [0.15, 0.2) is 0 Å². The first kappa shape index (κ1) is 14.8. The predicted octanol–water partition coefficient (Wildman–Crippen LogP) is 0.735. The van der Waals surface area contributed by atoms with Crippen LogP contribution in [-0.2, 0) is 14.3 Å². The summed E-state index contributed by atoms with van der Waals surface area (Å²) < 4.78 is 10.9. The van der Waals surface area contributed by atoms with Crippen molar-refractivity contribution >= 4 is 5.97 Å². The van der Waals surface area contributed by atoms with Crippen LogP contribution in [0.2, 0.25) is 0 Å². The highest BCUT2D eigenvalue weighted by Gasteiger charge is 2.34. The first-order chi connectivity index (χ1) is 9.20. The van der Waals surface area contributed by atoms with Crippen LogP contribution in [0.5, 0.6) is 0 Å². The lowest BCUT2D eigenvalue weighted by molar-refractivity contribution is -0.146. The third kappa shape index (κ3) is 4.16. The van der Waals surface area contributed by atoms with E-state index in [0.29, 0.717) is 13.0 Å². The van der Waals surface area contributed by atoms with Gasteiger partial charge >= 0.3 is 5.97 Å². The Balaban J connectivity index is 1.94. The van der Waals surface area contributed by atoms with Crippen molar-refractivity contribution in [2.75, 3.05) is 46.4 Å². The van der Waals surface area contributed by atoms with E-state index in [9.17, 15) is 4.79 Å². The summed E-state index contributed by atoms with van der Waals surface area (Å²) in [6.45, 7) is 7.30. The highest BCUT2D eigenvalue weighted by Crippen LogP contribution is 2.23. The van der Waals surface area contributed by atoms with Crippen LogP contribution in [0, 0.1) is 0 Å². The van der Waals surface area contributed by atoms with Crippen molar-refractivity contribution in [2.24, 2.45) is 0 Å². The molecule has 0 aliphatic carbocycles. The van der Waals surface area contributed by atoms with Gasteiger partial charge in [0.1, 0.15) is 0 Å². The lowest BCUT2D eigenvalue weighted by atomic mass is 10.0. The Morgan fingerprint density at radius 1 is 1.37 bits per heavy atom. The van der Waals surface area contributed by atoms with Gasteiger partial charge in [-0.15, -0.1) is 0 Å². The maximum Gasteiger partial charge on any atom is 0.307 e. The monoisotopic (exact) mass is 270 g/mol. The molecule has 2 saturated heterocycles. The summed E-state index contributed by atoms with van der Waals surface area (Å²) >= 11 is 0. The summed E-state index contributed by atoms with van der Waals surface area (Å²) in [5, 5.41) is 0. The fourth-order valence-electron chi connectivity index (χ4n) is 2.95. The van der Waals surface area contributed by atoms with Crippen LogP contribution in [-0.4, -0.2) is 74.4 Å². The molecule has 0 bridgehead atoms. The number of hydrogen-bond donors (Lipinski definition) is 0. The van der Waals surface area contributed by atoms with E-state index in [0.717, 1.165) is 45.6 Å². The number of nitrogens with zero attached hydrogens (tertiary/aromatic N) is 2. The molecule has 0 amide bonds. The SMILES string of the molecule is CCOC(=O)CC(C1CCCO1)N1CCN(C)CC1. The second-order valence-electron chi connectivity index (χ2n) is 5.47. The van der Waals surface area contributed by atoms with Gasteiger partial charge in [0.25, 0.3) is 0 Å². The Hall–Kier alpha value is -0.650. The third-order valence-corrected chi connectivity index (χ3v) is 4.08. The van der Waals surface area contributed by atoms with E-state index in [4.69, 9.17) is 9.47 Å². The Morgan fingerprint density at radius 2 is 2.11 bits per heavy atom. The van der Waals surface area contributed by atoms with Crippen LogP contribution in [0.1, 0.15) is 26.2 Å². The third-order valence-electron chi connectivity index (χ3n) is 4.08. The minimum atomic E-state index is -0.0954. The molecule has 110 valence electrons. The molecule has 2 rings (SSSR count). The number of carbonyl (C=O) groups excluding carboxylic acids is 1. The normalized spacial score (nSPS) is 27.4. The number of piperazine rings is 1. The number of hydrogen-bond acceptors (Lipinski definition) is 5. The van der Waals surface area contributed by atoms with E-state index in [1.54, 1.807) is 0 Å². The molecule has 0 spiro atoms. The topological polar surface area (TPSA) is 42.0 Å². The first-order valence-corrected chi connectivity index (χ1v) is 7.40. The molecule has 5 heteroatoms. The lowest BCUT2D eigenvalue weighted by Gasteiger charge is -2.39. The molecule has 2 aliphatic heterocycles. The summed E-state index contributed by atoms with van der Waals surface area (Å²) in [4.78, 5) is 16.5. The molecule has 2 fully saturated rings. The van der Waals surface area contributed by atoms with Crippen molar-refractivity contribution in [1.29, 1.82) is 0 Å². The number of carbonyl (C=O) groups is 1. The quantitative estimate of drug-likeness (QED) is 0.689. The average molecular weight is 270 g/mol. The zero-order valence-corrected chi connectivity index (χ0v) is 12.1. The first-order valence-electron chi connectivity index (χ1n) is 7.40. The van der Waals surface area contributed by atoms with Crippen molar-refractivity contribution in [3.63, 3.8) is 0 Å². The fraction of sp³-hybridized carbons (Fsp3) is 0.929. The molecule has 2 unspecified atom stereocenters. The Labute approximate surface area is 115 Å². The molecular weight excluding hydrogens is 244 g/mol. The number of esters is 1. The number of rotatable bonds is 5. The minimum absolute atomic E-state index is 0.0954. The zero-order valence-electron chi connectivity index (χ0n) is 12.1. The molecule has 0 N–H and O–H groups in total. The maximum absolute atomic E-state index is 11.8. The molecule has 2 aliphatic rings. The largest absolute Gasteiger partial charge is 0.466 e. The summed E-state index contributed by atoms with van der Waals surface area (Å²) in [7, 11) is 2.14. The van der Waals surface area contributed by atoms with Crippen LogP contribution >= 0.6 is 0 Å². The molecule has 0 radical (unpaired) electrons. The van der Waals surface area contributed by atoms with Gasteiger partial charge in [-0.25, -0.2) is 0 Å². The standard InChI is InChI=1S/C14H26N2O3/c1-3-18-14(17)11-12(13-5-4-10-19-13)16-8-6-15(2)7-9-16/h12-13H,3-11H2,1-2H3. The Morgan fingerprint density at radius 3 is 2.68 bits per heavy atom. The smallest absolute Gasteiger partial charge is 0.307 e. The van der Waals surface area contributed by atoms with Crippen molar-refractivity contribution in [3.05, 3.63) is 0 Å². The summed E-state index contributed by atoms with van der Waals surface area (Å²) in [6.07, 6.45) is 2.84. The van der Waals surface area contributed by atoms with E-state index >= 15 is 0 Å². The van der Waals surface area contributed by atoms with Crippen LogP contribution in [0.15, 0.2) is 0 Å². The van der Waals surface area contributed by atoms with E-state index < -0.39 is 0 Å². The van der Waals surface area contributed by atoms with E-state index in [1.165, 1.54) is 0 Å². The molecule has 0 aromatic carbocycles.